The predicted molar refractivity (Wildman–Crippen MR) is 60.6 cm³/mol. The van der Waals surface area contributed by atoms with Crippen LogP contribution in [0.4, 0.5) is 11.5 Å². The van der Waals surface area contributed by atoms with Gasteiger partial charge in [-0.3, -0.25) is 24.5 Å². The van der Waals surface area contributed by atoms with Crippen molar-refractivity contribution in [2.24, 2.45) is 12.5 Å². The van der Waals surface area contributed by atoms with Crippen LogP contribution in [-0.2, 0) is 11.8 Å². The number of nitrogens with zero attached hydrogens (tertiary/aromatic N) is 4. The van der Waals surface area contributed by atoms with Crippen molar-refractivity contribution in [3.8, 4) is 0 Å². The molecule has 0 aromatic carbocycles. The van der Waals surface area contributed by atoms with E-state index in [-0.39, 0.29) is 17.4 Å². The van der Waals surface area contributed by atoms with Crippen LogP contribution >= 0.6 is 0 Å². The van der Waals surface area contributed by atoms with Crippen molar-refractivity contribution in [3.63, 3.8) is 0 Å². The fraction of sp³-hybridized carbons (Fsp3) is 0.600. The van der Waals surface area contributed by atoms with Crippen LogP contribution in [0.2, 0.25) is 0 Å². The third-order valence-corrected chi connectivity index (χ3v) is 3.03. The van der Waals surface area contributed by atoms with Gasteiger partial charge in [0.1, 0.15) is 6.20 Å². The van der Waals surface area contributed by atoms with Crippen molar-refractivity contribution in [1.29, 1.82) is 0 Å². The van der Waals surface area contributed by atoms with Gasteiger partial charge in [0.15, 0.2) is 0 Å². The van der Waals surface area contributed by atoms with E-state index in [1.165, 1.54) is 15.8 Å². The Labute approximate surface area is 98.2 Å². The quantitative estimate of drug-likeness (QED) is 0.570. The maximum atomic E-state index is 12.1. The minimum absolute atomic E-state index is 0.112. The molecule has 2 rings (SSSR count). The molecule has 7 nitrogen and oxygen atoms in total. The predicted octanol–water partition coefficient (Wildman–Crippen LogP) is 1.09. The van der Waals surface area contributed by atoms with Gasteiger partial charge in [0.05, 0.1) is 4.92 Å². The van der Waals surface area contributed by atoms with Crippen LogP contribution in [-0.4, -0.2) is 27.2 Å². The van der Waals surface area contributed by atoms with Gasteiger partial charge in [0.2, 0.25) is 11.7 Å². The van der Waals surface area contributed by atoms with E-state index in [2.05, 4.69) is 5.10 Å². The summed E-state index contributed by atoms with van der Waals surface area (Å²) in [5.41, 5.74) is -0.593. The van der Waals surface area contributed by atoms with E-state index in [0.29, 0.717) is 13.0 Å². The Hall–Kier alpha value is -1.92. The average Bonchev–Trinajstić information content (AvgIpc) is 2.70. The van der Waals surface area contributed by atoms with Crippen LogP contribution in [0.5, 0.6) is 0 Å². The fourth-order valence-corrected chi connectivity index (χ4v) is 1.95. The summed E-state index contributed by atoms with van der Waals surface area (Å²) in [4.78, 5) is 23.8. The van der Waals surface area contributed by atoms with Crippen molar-refractivity contribution in [3.05, 3.63) is 16.3 Å². The van der Waals surface area contributed by atoms with Crippen LogP contribution < -0.4 is 4.90 Å². The second-order valence-electron chi connectivity index (χ2n) is 4.86. The highest BCUT2D eigenvalue weighted by Crippen LogP contribution is 2.36. The molecule has 17 heavy (non-hydrogen) atoms. The molecule has 2 heterocycles. The van der Waals surface area contributed by atoms with Gasteiger partial charge >= 0.3 is 5.69 Å². The van der Waals surface area contributed by atoms with Crippen LogP contribution in [0.1, 0.15) is 20.3 Å². The molecule has 1 aromatic heterocycles. The van der Waals surface area contributed by atoms with Crippen LogP contribution in [0.3, 0.4) is 0 Å². The lowest BCUT2D eigenvalue weighted by atomic mass is 9.92. The first kappa shape index (κ1) is 11.6. The minimum Gasteiger partial charge on any atom is -0.289 e. The lowest BCUT2D eigenvalue weighted by molar-refractivity contribution is -0.384. The molecule has 1 saturated heterocycles. The number of aryl methyl sites for hydroxylation is 1. The van der Waals surface area contributed by atoms with Crippen LogP contribution in [0, 0.1) is 15.5 Å². The van der Waals surface area contributed by atoms with E-state index in [4.69, 9.17) is 0 Å². The number of rotatable bonds is 2. The Morgan fingerprint density at radius 2 is 2.18 bits per heavy atom. The lowest BCUT2D eigenvalue weighted by Crippen LogP contribution is -2.31. The maximum Gasteiger partial charge on any atom is 0.331 e. The molecule has 0 saturated carbocycles. The molecule has 0 bridgehead atoms. The van der Waals surface area contributed by atoms with Gasteiger partial charge in [-0.25, -0.2) is 0 Å². The van der Waals surface area contributed by atoms with E-state index in [1.807, 2.05) is 13.8 Å². The highest BCUT2D eigenvalue weighted by atomic mass is 16.6. The Morgan fingerprint density at radius 1 is 1.53 bits per heavy atom. The summed E-state index contributed by atoms with van der Waals surface area (Å²) in [6.07, 6.45) is 1.99. The van der Waals surface area contributed by atoms with Crippen molar-refractivity contribution >= 4 is 17.4 Å². The van der Waals surface area contributed by atoms with Gasteiger partial charge < -0.3 is 0 Å². The molecule has 0 spiro atoms. The number of nitro groups is 1. The standard InChI is InChI=1S/C10H14N4O3/c1-10(2)4-5-13(9(10)15)8-7(14(16)17)6-12(3)11-8/h6H,4-5H2,1-3H3. The van der Waals surface area contributed by atoms with Gasteiger partial charge in [-0.1, -0.05) is 13.8 Å². The molecule has 0 N–H and O–H groups in total. The smallest absolute Gasteiger partial charge is 0.289 e. The molecule has 1 aromatic rings. The summed E-state index contributed by atoms with van der Waals surface area (Å²) in [6.45, 7) is 4.15. The number of amides is 1. The largest absolute Gasteiger partial charge is 0.331 e. The normalized spacial score (nSPS) is 18.8. The fourth-order valence-electron chi connectivity index (χ4n) is 1.95. The zero-order valence-electron chi connectivity index (χ0n) is 10.0. The SMILES string of the molecule is Cn1cc([N+](=O)[O-])c(N2CCC(C)(C)C2=O)n1. The molecule has 7 heteroatoms. The highest BCUT2D eigenvalue weighted by molar-refractivity contribution is 6.00. The number of anilines is 1. The van der Waals surface area contributed by atoms with Gasteiger partial charge in [0.25, 0.3) is 0 Å². The summed E-state index contributed by atoms with van der Waals surface area (Å²) in [5, 5.41) is 14.9. The minimum atomic E-state index is -0.513. The highest BCUT2D eigenvalue weighted by Gasteiger charge is 2.42. The summed E-state index contributed by atoms with van der Waals surface area (Å²) >= 11 is 0. The van der Waals surface area contributed by atoms with Crippen molar-refractivity contribution in [2.75, 3.05) is 11.4 Å². The number of hydrogen-bond donors (Lipinski definition) is 0. The molecule has 1 amide bonds. The van der Waals surface area contributed by atoms with E-state index in [1.54, 1.807) is 7.05 Å². The molecule has 92 valence electrons. The first-order valence-corrected chi connectivity index (χ1v) is 5.33. The summed E-state index contributed by atoms with van der Waals surface area (Å²) in [7, 11) is 1.60. The second-order valence-corrected chi connectivity index (χ2v) is 4.86. The van der Waals surface area contributed by atoms with Crippen LogP contribution in [0.25, 0.3) is 0 Å². The first-order valence-electron chi connectivity index (χ1n) is 5.33. The Bertz CT molecular complexity index is 492. The third-order valence-electron chi connectivity index (χ3n) is 3.03. The molecule has 0 unspecified atom stereocenters. The van der Waals surface area contributed by atoms with E-state index < -0.39 is 10.3 Å². The Morgan fingerprint density at radius 3 is 2.65 bits per heavy atom. The van der Waals surface area contributed by atoms with Gasteiger partial charge in [0, 0.05) is 19.0 Å². The molecular formula is C10H14N4O3. The average molecular weight is 238 g/mol. The van der Waals surface area contributed by atoms with Gasteiger partial charge in [-0.2, -0.15) is 0 Å². The van der Waals surface area contributed by atoms with E-state index >= 15 is 0 Å². The molecule has 1 fully saturated rings. The van der Waals surface area contributed by atoms with Gasteiger partial charge in [-0.15, -0.1) is 5.10 Å². The molecule has 1 aliphatic rings. The lowest BCUT2D eigenvalue weighted by Gasteiger charge is -2.16. The Balaban J connectivity index is 2.42. The zero-order valence-corrected chi connectivity index (χ0v) is 10.0. The molecule has 0 radical (unpaired) electrons. The summed E-state index contributed by atoms with van der Waals surface area (Å²) < 4.78 is 1.35. The third kappa shape index (κ3) is 1.77. The number of carbonyl (C=O) groups is 1. The monoisotopic (exact) mass is 238 g/mol. The second kappa shape index (κ2) is 3.54. The summed E-state index contributed by atoms with van der Waals surface area (Å²) in [6, 6.07) is 0. The van der Waals surface area contributed by atoms with Crippen molar-refractivity contribution in [1.82, 2.24) is 9.78 Å². The van der Waals surface area contributed by atoms with Crippen molar-refractivity contribution in [2.45, 2.75) is 20.3 Å². The topological polar surface area (TPSA) is 81.3 Å². The Kier molecular flexibility index (Phi) is 2.41. The van der Waals surface area contributed by atoms with Gasteiger partial charge in [-0.05, 0) is 6.42 Å². The summed E-state index contributed by atoms with van der Waals surface area (Å²) in [5.74, 6) is 0.0346. The molecule has 0 aliphatic carbocycles. The number of carbonyl (C=O) groups excluding carboxylic acids is 1. The number of aromatic nitrogens is 2. The molecule has 0 atom stereocenters. The first-order chi connectivity index (χ1) is 7.83. The van der Waals surface area contributed by atoms with Crippen molar-refractivity contribution < 1.29 is 9.72 Å². The molecule has 1 aliphatic heterocycles. The number of hydrogen-bond acceptors (Lipinski definition) is 4. The maximum absolute atomic E-state index is 12.1. The molecular weight excluding hydrogens is 224 g/mol. The van der Waals surface area contributed by atoms with E-state index in [0.717, 1.165) is 0 Å². The van der Waals surface area contributed by atoms with E-state index in [9.17, 15) is 14.9 Å². The van der Waals surface area contributed by atoms with Crippen LogP contribution in [0.15, 0.2) is 6.20 Å². The zero-order chi connectivity index (χ0) is 12.8.